The Hall–Kier alpha value is -8.54. The summed E-state index contributed by atoms with van der Waals surface area (Å²) in [6, 6.07) is 80.9. The van der Waals surface area contributed by atoms with Crippen molar-refractivity contribution in [3.05, 3.63) is 251 Å². The predicted octanol–water partition coefficient (Wildman–Crippen LogP) is 18.3. The molecule has 5 heteroatoms. The Morgan fingerprint density at radius 3 is 1.56 bits per heavy atom. The third-order valence-electron chi connectivity index (χ3n) is 17.7. The van der Waals surface area contributed by atoms with E-state index in [1.165, 1.54) is 83.5 Å². The summed E-state index contributed by atoms with van der Waals surface area (Å²) in [5.41, 5.74) is 27.1. The molecular formula is C73H62BN3O. The molecule has 10 aromatic carbocycles. The Kier molecular flexibility index (Phi) is 9.74. The summed E-state index contributed by atoms with van der Waals surface area (Å²) >= 11 is 0. The summed E-state index contributed by atoms with van der Waals surface area (Å²) in [7, 11) is 0. The normalized spacial score (nSPS) is 14.5. The van der Waals surface area contributed by atoms with Crippen molar-refractivity contribution in [2.24, 2.45) is 0 Å². The van der Waals surface area contributed by atoms with Crippen LogP contribution in [0.3, 0.4) is 0 Å². The summed E-state index contributed by atoms with van der Waals surface area (Å²) in [4.78, 5) is 7.75. The van der Waals surface area contributed by atoms with Crippen LogP contribution in [0.25, 0.3) is 44.2 Å². The van der Waals surface area contributed by atoms with Gasteiger partial charge in [-0.05, 0) is 143 Å². The van der Waals surface area contributed by atoms with E-state index in [1.54, 1.807) is 0 Å². The molecule has 0 N–H and O–H groups in total. The van der Waals surface area contributed by atoms with Gasteiger partial charge in [-0.25, -0.2) is 0 Å². The van der Waals surface area contributed by atoms with Crippen molar-refractivity contribution in [2.75, 3.05) is 14.6 Å². The van der Waals surface area contributed by atoms with Crippen molar-refractivity contribution in [1.29, 1.82) is 0 Å². The van der Waals surface area contributed by atoms with Gasteiger partial charge in [-0.15, -0.1) is 0 Å². The van der Waals surface area contributed by atoms with Crippen LogP contribution in [0.2, 0.25) is 0 Å². The topological polar surface area (TPSA) is 22.9 Å². The molecule has 0 fully saturated rings. The molecule has 0 radical (unpaired) electrons. The van der Waals surface area contributed by atoms with E-state index in [9.17, 15) is 0 Å². The molecule has 4 heterocycles. The first-order chi connectivity index (χ1) is 37.6. The third kappa shape index (κ3) is 6.48. The van der Waals surface area contributed by atoms with Crippen LogP contribution in [0.4, 0.5) is 45.5 Å². The highest BCUT2D eigenvalue weighted by molar-refractivity contribution is 6.94. The van der Waals surface area contributed by atoms with Crippen molar-refractivity contribution in [3.63, 3.8) is 0 Å². The lowest BCUT2D eigenvalue weighted by molar-refractivity contribution is 0.590. The van der Waals surface area contributed by atoms with E-state index in [-0.39, 0.29) is 23.1 Å². The lowest BCUT2D eigenvalue weighted by Crippen LogP contribution is -2.62. The second kappa shape index (κ2) is 16.3. The van der Waals surface area contributed by atoms with Crippen LogP contribution >= 0.6 is 0 Å². The van der Waals surface area contributed by atoms with Gasteiger partial charge in [0.15, 0.2) is 0 Å². The number of para-hydroxylation sites is 3. The Morgan fingerprint density at radius 1 is 0.423 bits per heavy atom. The molecule has 0 amide bonds. The lowest BCUT2D eigenvalue weighted by Gasteiger charge is -2.51. The van der Waals surface area contributed by atoms with Crippen LogP contribution in [0, 0.1) is 0 Å². The van der Waals surface area contributed by atoms with Crippen LogP contribution < -0.4 is 25.5 Å². The predicted molar refractivity (Wildman–Crippen MR) is 329 cm³/mol. The minimum absolute atomic E-state index is 0.0138. The zero-order valence-electron chi connectivity index (χ0n) is 46.0. The Balaban J connectivity index is 1.06. The van der Waals surface area contributed by atoms with E-state index in [1.807, 2.05) is 0 Å². The molecule has 3 aliphatic heterocycles. The van der Waals surface area contributed by atoms with E-state index >= 15 is 0 Å². The lowest BCUT2D eigenvalue weighted by atomic mass is 9.42. The highest BCUT2D eigenvalue weighted by Crippen LogP contribution is 2.64. The largest absolute Gasteiger partial charge is 0.456 e. The van der Waals surface area contributed by atoms with Gasteiger partial charge in [-0.3, -0.25) is 0 Å². The third-order valence-corrected chi connectivity index (χ3v) is 17.7. The van der Waals surface area contributed by atoms with Crippen molar-refractivity contribution >= 4 is 85.2 Å². The number of anilines is 8. The SMILES string of the molecule is CC(C)(C)c1ccc(N2B3c4cccc5c4N(c4ccccc4C54c5ccccc5-c5ccccc54)c4cc5oc6ccccc6c5c(c43)-c3ccc(N(c4ccc(C(C)(C)C)cc4)c4ccc(C(C)(C)C)cc4)cc32)cc1. The van der Waals surface area contributed by atoms with Gasteiger partial charge < -0.3 is 19.0 Å². The molecule has 11 aromatic rings. The van der Waals surface area contributed by atoms with E-state index in [0.717, 1.165) is 56.1 Å². The molecule has 1 aromatic heterocycles. The highest BCUT2D eigenvalue weighted by Gasteiger charge is 2.56. The second-order valence-electron chi connectivity index (χ2n) is 25.3. The van der Waals surface area contributed by atoms with Gasteiger partial charge in [0.2, 0.25) is 0 Å². The minimum atomic E-state index is -0.570. The number of hydrogen-bond donors (Lipinski definition) is 0. The van der Waals surface area contributed by atoms with Crippen LogP contribution in [0.5, 0.6) is 0 Å². The molecule has 78 heavy (non-hydrogen) atoms. The van der Waals surface area contributed by atoms with E-state index in [2.05, 4.69) is 289 Å². The van der Waals surface area contributed by atoms with Crippen molar-refractivity contribution < 1.29 is 4.42 Å². The first-order valence-electron chi connectivity index (χ1n) is 27.9. The number of hydrogen-bond acceptors (Lipinski definition) is 4. The Morgan fingerprint density at radius 2 is 0.949 bits per heavy atom. The van der Waals surface area contributed by atoms with Gasteiger partial charge in [0, 0.05) is 62.2 Å². The summed E-state index contributed by atoms with van der Waals surface area (Å²) in [5, 5.41) is 2.27. The van der Waals surface area contributed by atoms with E-state index < -0.39 is 5.41 Å². The Bertz CT molecular complexity index is 4180. The quantitative estimate of drug-likeness (QED) is 0.164. The second-order valence-corrected chi connectivity index (χ2v) is 25.3. The van der Waals surface area contributed by atoms with Crippen LogP contribution in [-0.2, 0) is 21.7 Å². The molecule has 378 valence electrons. The molecule has 15 rings (SSSR count). The molecule has 0 bridgehead atoms. The zero-order valence-corrected chi connectivity index (χ0v) is 46.0. The first-order valence-corrected chi connectivity index (χ1v) is 27.9. The minimum Gasteiger partial charge on any atom is -0.456 e. The summed E-state index contributed by atoms with van der Waals surface area (Å²) in [6.07, 6.45) is 0. The summed E-state index contributed by atoms with van der Waals surface area (Å²) in [5.74, 6) is 0. The van der Waals surface area contributed by atoms with Gasteiger partial charge in [0.05, 0.1) is 11.1 Å². The van der Waals surface area contributed by atoms with Crippen molar-refractivity contribution in [2.45, 2.75) is 84.0 Å². The average molecular weight is 1010 g/mol. The van der Waals surface area contributed by atoms with E-state index in [0.29, 0.717) is 0 Å². The molecule has 0 atom stereocenters. The zero-order chi connectivity index (χ0) is 53.2. The van der Waals surface area contributed by atoms with Crippen LogP contribution in [0.1, 0.15) is 101 Å². The number of furan rings is 1. The molecule has 0 unspecified atom stereocenters. The first kappa shape index (κ1) is 46.7. The number of rotatable bonds is 4. The summed E-state index contributed by atoms with van der Waals surface area (Å²) in [6.45, 7) is 20.4. The van der Waals surface area contributed by atoms with E-state index in [4.69, 9.17) is 4.42 Å². The molecular weight excluding hydrogens is 946 g/mol. The Labute approximate surface area is 459 Å². The maximum absolute atomic E-state index is 7.09. The summed E-state index contributed by atoms with van der Waals surface area (Å²) < 4.78 is 7.09. The average Bonchev–Trinajstić information content (AvgIpc) is 4.03. The molecule has 0 saturated carbocycles. The van der Waals surface area contributed by atoms with Crippen molar-refractivity contribution in [3.8, 4) is 22.3 Å². The van der Waals surface area contributed by atoms with Crippen LogP contribution in [-0.4, -0.2) is 6.85 Å². The molecule has 1 aliphatic carbocycles. The fraction of sp³-hybridized carbons (Fsp3) is 0.178. The fourth-order valence-electron chi connectivity index (χ4n) is 14.0. The highest BCUT2D eigenvalue weighted by atomic mass is 16.3. The number of benzene rings is 10. The fourth-order valence-corrected chi connectivity index (χ4v) is 14.0. The number of nitrogens with zero attached hydrogens (tertiary/aromatic N) is 3. The molecule has 4 nitrogen and oxygen atoms in total. The maximum Gasteiger partial charge on any atom is 0.333 e. The standard InChI is InChI=1S/C73H62BN3O/c1-70(2,3)45-29-35-48(36-30-45)75(49-37-31-46(32-38-49)71(4,5)6)51-41-42-54-62(43-51)77(50-39-33-47(34-40-50)72(7,8)9)74-60-26-18-25-59-69(60)76(63-44-65-66(67(54)68(63)74)55-21-12-17-28-64(55)78-65)61-27-16-15-24-58(61)73(59)56-22-13-10-19-52(56)53-20-11-14-23-57(53)73/h10-44H,1-9H3. The molecule has 1 spiro atoms. The van der Waals surface area contributed by atoms with Gasteiger partial charge >= 0.3 is 6.85 Å². The number of fused-ring (bicyclic) bond motifs is 17. The molecule has 4 aliphatic rings. The van der Waals surface area contributed by atoms with Gasteiger partial charge in [0.25, 0.3) is 0 Å². The van der Waals surface area contributed by atoms with Crippen LogP contribution in [0.15, 0.2) is 217 Å². The monoisotopic (exact) mass is 1010 g/mol. The maximum atomic E-state index is 7.09. The van der Waals surface area contributed by atoms with Gasteiger partial charge in [-0.1, -0.05) is 208 Å². The van der Waals surface area contributed by atoms with Crippen molar-refractivity contribution in [1.82, 2.24) is 0 Å². The van der Waals surface area contributed by atoms with Gasteiger partial charge in [-0.2, -0.15) is 0 Å². The van der Waals surface area contributed by atoms with Gasteiger partial charge in [0.1, 0.15) is 11.2 Å². The smallest absolute Gasteiger partial charge is 0.333 e. The molecule has 0 saturated heterocycles.